The number of hydrogen-bond acceptors (Lipinski definition) is 2. The molecule has 0 radical (unpaired) electrons. The van der Waals surface area contributed by atoms with Gasteiger partial charge in [-0.2, -0.15) is 0 Å². The first-order valence-corrected chi connectivity index (χ1v) is 2.57. The first-order chi connectivity index (χ1) is 3.84. The molecule has 0 heterocycles. The smallest absolute Gasteiger partial charge is 0.151 e. The van der Waals surface area contributed by atoms with Crippen molar-refractivity contribution in [2.45, 2.75) is 12.8 Å². The molecular formula is C6H7NO. The largest absolute Gasteiger partial charge is 0.305 e. The Morgan fingerprint density at radius 3 is 2.75 bits per heavy atom. The molecule has 0 atom stereocenters. The van der Waals surface area contributed by atoms with Crippen LogP contribution < -0.4 is 0 Å². The molecular weight excluding hydrogens is 102 g/mol. The predicted octanol–water partition coefficient (Wildman–Crippen LogP) is 0.925. The SMILES string of the molecule is N=C1CCC=C1C=O. The van der Waals surface area contributed by atoms with Crippen molar-refractivity contribution in [3.05, 3.63) is 11.6 Å². The number of carbonyl (C=O) groups is 1. The van der Waals surface area contributed by atoms with E-state index in [0.717, 1.165) is 19.1 Å². The quantitative estimate of drug-likeness (QED) is 0.500. The van der Waals surface area contributed by atoms with E-state index in [1.54, 1.807) is 6.08 Å². The second-order valence-corrected chi connectivity index (χ2v) is 1.79. The lowest BCUT2D eigenvalue weighted by Gasteiger charge is -1.85. The summed E-state index contributed by atoms with van der Waals surface area (Å²) in [5.74, 6) is 0. The highest BCUT2D eigenvalue weighted by atomic mass is 16.1. The maximum Gasteiger partial charge on any atom is 0.151 e. The van der Waals surface area contributed by atoms with Gasteiger partial charge in [0, 0.05) is 11.3 Å². The molecule has 0 saturated carbocycles. The van der Waals surface area contributed by atoms with Crippen LogP contribution in [0.3, 0.4) is 0 Å². The number of rotatable bonds is 1. The van der Waals surface area contributed by atoms with Gasteiger partial charge < -0.3 is 5.41 Å². The topological polar surface area (TPSA) is 40.9 Å². The minimum Gasteiger partial charge on any atom is -0.305 e. The third kappa shape index (κ3) is 0.689. The Hall–Kier alpha value is -0.920. The van der Waals surface area contributed by atoms with E-state index >= 15 is 0 Å². The van der Waals surface area contributed by atoms with Gasteiger partial charge in [0.1, 0.15) is 0 Å². The van der Waals surface area contributed by atoms with Crippen LogP contribution in [0.15, 0.2) is 11.6 Å². The normalized spacial score (nSPS) is 18.5. The fourth-order valence-corrected chi connectivity index (χ4v) is 0.759. The molecule has 1 rings (SSSR count). The average Bonchev–Trinajstić information content (AvgIpc) is 2.14. The summed E-state index contributed by atoms with van der Waals surface area (Å²) < 4.78 is 0. The molecule has 1 aliphatic carbocycles. The molecule has 0 spiro atoms. The highest BCUT2D eigenvalue weighted by Gasteiger charge is 2.08. The summed E-state index contributed by atoms with van der Waals surface area (Å²) in [6, 6.07) is 0. The summed E-state index contributed by atoms with van der Waals surface area (Å²) in [6.45, 7) is 0. The van der Waals surface area contributed by atoms with Crippen LogP contribution in [0.4, 0.5) is 0 Å². The molecule has 2 heteroatoms. The Bertz CT molecular complexity index is 158. The lowest BCUT2D eigenvalue weighted by Crippen LogP contribution is -1.93. The fourth-order valence-electron chi connectivity index (χ4n) is 0.759. The average molecular weight is 109 g/mol. The molecule has 0 unspecified atom stereocenters. The molecule has 2 nitrogen and oxygen atoms in total. The van der Waals surface area contributed by atoms with Gasteiger partial charge in [-0.15, -0.1) is 0 Å². The molecule has 0 aromatic carbocycles. The van der Waals surface area contributed by atoms with E-state index in [1.807, 2.05) is 0 Å². The van der Waals surface area contributed by atoms with Crippen molar-refractivity contribution in [3.63, 3.8) is 0 Å². The lowest BCUT2D eigenvalue weighted by atomic mass is 10.2. The van der Waals surface area contributed by atoms with E-state index in [9.17, 15) is 4.79 Å². The first kappa shape index (κ1) is 5.22. The van der Waals surface area contributed by atoms with Gasteiger partial charge in [-0.05, 0) is 12.8 Å². The van der Waals surface area contributed by atoms with Crippen LogP contribution in [0.2, 0.25) is 0 Å². The van der Waals surface area contributed by atoms with Crippen molar-refractivity contribution in [1.82, 2.24) is 0 Å². The van der Waals surface area contributed by atoms with Crippen molar-refractivity contribution in [2.75, 3.05) is 0 Å². The minimum atomic E-state index is 0.486. The van der Waals surface area contributed by atoms with Crippen molar-refractivity contribution in [3.8, 4) is 0 Å². The summed E-state index contributed by atoms with van der Waals surface area (Å²) >= 11 is 0. The molecule has 1 N–H and O–H groups in total. The molecule has 0 saturated heterocycles. The predicted molar refractivity (Wildman–Crippen MR) is 31.1 cm³/mol. The van der Waals surface area contributed by atoms with E-state index in [1.165, 1.54) is 0 Å². The van der Waals surface area contributed by atoms with Crippen LogP contribution in [-0.2, 0) is 4.79 Å². The number of nitrogens with one attached hydrogen (secondary N) is 1. The fraction of sp³-hybridized carbons (Fsp3) is 0.333. The van der Waals surface area contributed by atoms with Crippen LogP contribution in [-0.4, -0.2) is 12.0 Å². The number of allylic oxidation sites excluding steroid dienone is 2. The monoisotopic (exact) mass is 109 g/mol. The molecule has 0 amide bonds. The molecule has 0 aromatic rings. The minimum absolute atomic E-state index is 0.486. The van der Waals surface area contributed by atoms with Gasteiger partial charge in [0.25, 0.3) is 0 Å². The summed E-state index contributed by atoms with van der Waals surface area (Å²) in [7, 11) is 0. The van der Waals surface area contributed by atoms with Gasteiger partial charge in [0.05, 0.1) is 0 Å². The molecule has 1 aliphatic rings. The van der Waals surface area contributed by atoms with E-state index in [-0.39, 0.29) is 0 Å². The van der Waals surface area contributed by atoms with E-state index in [2.05, 4.69) is 0 Å². The Kier molecular flexibility index (Phi) is 1.24. The summed E-state index contributed by atoms with van der Waals surface area (Å²) in [6.07, 6.45) is 4.16. The third-order valence-corrected chi connectivity index (χ3v) is 1.23. The number of aldehydes is 1. The third-order valence-electron chi connectivity index (χ3n) is 1.23. The van der Waals surface area contributed by atoms with Crippen molar-refractivity contribution < 1.29 is 4.79 Å². The van der Waals surface area contributed by atoms with Gasteiger partial charge in [-0.25, -0.2) is 0 Å². The molecule has 0 fully saturated rings. The highest BCUT2D eigenvalue weighted by Crippen LogP contribution is 2.10. The molecule has 42 valence electrons. The molecule has 0 aromatic heterocycles. The number of hydrogen-bond donors (Lipinski definition) is 1. The van der Waals surface area contributed by atoms with Crippen LogP contribution in [0.25, 0.3) is 0 Å². The number of carbonyl (C=O) groups excluding carboxylic acids is 1. The Balaban J connectivity index is 2.76. The molecule has 0 bridgehead atoms. The summed E-state index contributed by atoms with van der Waals surface area (Å²) in [4.78, 5) is 10.0. The van der Waals surface area contributed by atoms with Gasteiger partial charge >= 0.3 is 0 Å². The summed E-state index contributed by atoms with van der Waals surface area (Å²) in [5, 5.41) is 7.11. The maximum atomic E-state index is 10.0. The Labute approximate surface area is 47.7 Å². The second-order valence-electron chi connectivity index (χ2n) is 1.79. The van der Waals surface area contributed by atoms with Gasteiger partial charge in [-0.3, -0.25) is 4.79 Å². The Morgan fingerprint density at radius 2 is 2.50 bits per heavy atom. The van der Waals surface area contributed by atoms with Gasteiger partial charge in [-0.1, -0.05) is 6.08 Å². The van der Waals surface area contributed by atoms with Crippen LogP contribution in [0, 0.1) is 5.41 Å². The van der Waals surface area contributed by atoms with Crippen molar-refractivity contribution in [1.29, 1.82) is 5.41 Å². The highest BCUT2D eigenvalue weighted by molar-refractivity contribution is 6.14. The van der Waals surface area contributed by atoms with Crippen molar-refractivity contribution >= 4 is 12.0 Å². The zero-order valence-corrected chi connectivity index (χ0v) is 4.48. The zero-order valence-electron chi connectivity index (χ0n) is 4.48. The standard InChI is InChI=1S/C6H7NO/c7-6-3-1-2-5(6)4-8/h2,4,7H,1,3H2. The van der Waals surface area contributed by atoms with Crippen molar-refractivity contribution in [2.24, 2.45) is 0 Å². The van der Waals surface area contributed by atoms with Crippen LogP contribution in [0.1, 0.15) is 12.8 Å². The van der Waals surface area contributed by atoms with E-state index in [0.29, 0.717) is 11.3 Å². The maximum absolute atomic E-state index is 10.0. The van der Waals surface area contributed by atoms with Gasteiger partial charge in [0.15, 0.2) is 6.29 Å². The van der Waals surface area contributed by atoms with E-state index < -0.39 is 0 Å². The van der Waals surface area contributed by atoms with Gasteiger partial charge in [0.2, 0.25) is 0 Å². The molecule has 8 heavy (non-hydrogen) atoms. The Morgan fingerprint density at radius 1 is 1.75 bits per heavy atom. The first-order valence-electron chi connectivity index (χ1n) is 2.57. The second kappa shape index (κ2) is 1.90. The zero-order chi connectivity index (χ0) is 5.98. The van der Waals surface area contributed by atoms with E-state index in [4.69, 9.17) is 5.41 Å². The molecule has 0 aliphatic heterocycles. The van der Waals surface area contributed by atoms with Crippen LogP contribution >= 0.6 is 0 Å². The van der Waals surface area contributed by atoms with Crippen LogP contribution in [0.5, 0.6) is 0 Å². The lowest BCUT2D eigenvalue weighted by molar-refractivity contribution is -0.104. The summed E-state index contributed by atoms with van der Waals surface area (Å²) in [5.41, 5.74) is 1.06.